The number of benzene rings is 2. The maximum absolute atomic E-state index is 12.6. The molecule has 0 amide bonds. The first-order chi connectivity index (χ1) is 10.4. The monoisotopic (exact) mass is 316 g/mol. The molecule has 1 heterocycles. The maximum atomic E-state index is 12.6. The van der Waals surface area contributed by atoms with E-state index in [9.17, 15) is 14.1 Å². The van der Waals surface area contributed by atoms with Gasteiger partial charge in [0.2, 0.25) is 5.43 Å². The summed E-state index contributed by atoms with van der Waals surface area (Å²) in [6, 6.07) is 7.43. The highest BCUT2D eigenvalue weighted by Crippen LogP contribution is 2.25. The Labute approximate surface area is 128 Å². The predicted octanol–water partition coefficient (Wildman–Crippen LogP) is 2.69. The molecule has 3 aromatic rings. The summed E-state index contributed by atoms with van der Waals surface area (Å²) in [7, 11) is 0. The molecule has 0 saturated carbocycles. The van der Waals surface area contributed by atoms with Crippen LogP contribution in [-0.2, 0) is 11.2 Å². The molecule has 6 heteroatoms. The molecule has 0 aliphatic carbocycles. The SMILES string of the molecule is Cc1cc([S+](C)[O-])cc2c(=O)c3cc(C(=O)O)ccc3oc12. The molecule has 0 aliphatic heterocycles. The molecule has 0 bridgehead atoms. The van der Waals surface area contributed by atoms with E-state index < -0.39 is 17.1 Å². The van der Waals surface area contributed by atoms with Crippen molar-refractivity contribution < 1.29 is 18.9 Å². The standard InChI is InChI=1S/C16H12O5S/c1-8-5-10(22(2)20)7-12-14(17)11-6-9(16(18)19)3-4-13(11)21-15(8)12/h3-7H,1-2H3,(H,18,19). The van der Waals surface area contributed by atoms with Gasteiger partial charge in [0.25, 0.3) is 0 Å². The Morgan fingerprint density at radius 2 is 1.95 bits per heavy atom. The van der Waals surface area contributed by atoms with E-state index in [1.165, 1.54) is 30.5 Å². The number of hydrogen-bond donors (Lipinski definition) is 1. The van der Waals surface area contributed by atoms with E-state index >= 15 is 0 Å². The number of carbonyl (C=O) groups is 1. The minimum atomic E-state index is -1.22. The summed E-state index contributed by atoms with van der Waals surface area (Å²) < 4.78 is 17.4. The van der Waals surface area contributed by atoms with Crippen molar-refractivity contribution in [1.29, 1.82) is 0 Å². The van der Waals surface area contributed by atoms with Crippen LogP contribution in [0.25, 0.3) is 21.9 Å². The zero-order valence-corrected chi connectivity index (χ0v) is 12.7. The number of carboxylic acids is 1. The molecule has 22 heavy (non-hydrogen) atoms. The molecule has 2 aromatic carbocycles. The van der Waals surface area contributed by atoms with Crippen LogP contribution in [0, 0.1) is 6.92 Å². The van der Waals surface area contributed by atoms with Gasteiger partial charge in [-0.1, -0.05) is 0 Å². The zero-order valence-electron chi connectivity index (χ0n) is 11.9. The van der Waals surface area contributed by atoms with E-state index in [4.69, 9.17) is 9.52 Å². The third kappa shape index (κ3) is 2.26. The van der Waals surface area contributed by atoms with Crippen LogP contribution in [-0.4, -0.2) is 21.9 Å². The van der Waals surface area contributed by atoms with Gasteiger partial charge in [-0.25, -0.2) is 4.79 Å². The minimum Gasteiger partial charge on any atom is -0.612 e. The fourth-order valence-electron chi connectivity index (χ4n) is 2.40. The van der Waals surface area contributed by atoms with Crippen molar-refractivity contribution in [2.45, 2.75) is 11.8 Å². The third-order valence-corrected chi connectivity index (χ3v) is 4.41. The zero-order chi connectivity index (χ0) is 16.0. The second-order valence-electron chi connectivity index (χ2n) is 5.02. The van der Waals surface area contributed by atoms with Gasteiger partial charge < -0.3 is 14.1 Å². The van der Waals surface area contributed by atoms with E-state index in [0.29, 0.717) is 27.0 Å². The van der Waals surface area contributed by atoms with Crippen LogP contribution in [0.3, 0.4) is 0 Å². The van der Waals surface area contributed by atoms with Crippen LogP contribution in [0.4, 0.5) is 0 Å². The molecule has 0 spiro atoms. The van der Waals surface area contributed by atoms with Gasteiger partial charge in [0.1, 0.15) is 17.4 Å². The molecular formula is C16H12O5S. The summed E-state index contributed by atoms with van der Waals surface area (Å²) in [4.78, 5) is 24.2. The predicted molar refractivity (Wildman–Crippen MR) is 84.0 cm³/mol. The van der Waals surface area contributed by atoms with Crippen molar-refractivity contribution in [1.82, 2.24) is 0 Å². The fraction of sp³-hybridized carbons (Fsp3) is 0.125. The number of fused-ring (bicyclic) bond motifs is 2. The number of rotatable bonds is 2. The molecule has 1 atom stereocenters. The molecule has 1 N–H and O–H groups in total. The largest absolute Gasteiger partial charge is 0.612 e. The molecule has 0 saturated heterocycles. The van der Waals surface area contributed by atoms with Crippen molar-refractivity contribution in [3.63, 3.8) is 0 Å². The summed E-state index contributed by atoms with van der Waals surface area (Å²) in [6.45, 7) is 1.78. The lowest BCUT2D eigenvalue weighted by atomic mass is 10.1. The molecule has 0 aliphatic rings. The van der Waals surface area contributed by atoms with Crippen LogP contribution >= 0.6 is 0 Å². The topological polar surface area (TPSA) is 90.6 Å². The van der Waals surface area contributed by atoms with Gasteiger partial charge >= 0.3 is 5.97 Å². The maximum Gasteiger partial charge on any atom is 0.335 e. The highest BCUT2D eigenvalue weighted by molar-refractivity contribution is 7.90. The van der Waals surface area contributed by atoms with E-state index in [1.807, 2.05) is 0 Å². The van der Waals surface area contributed by atoms with Crippen molar-refractivity contribution in [3.8, 4) is 0 Å². The molecular weight excluding hydrogens is 304 g/mol. The molecule has 5 nitrogen and oxygen atoms in total. The lowest BCUT2D eigenvalue weighted by Gasteiger charge is -2.08. The average Bonchev–Trinajstić information content (AvgIpc) is 2.47. The highest BCUT2D eigenvalue weighted by Gasteiger charge is 2.16. The van der Waals surface area contributed by atoms with E-state index in [1.54, 1.807) is 13.0 Å². The normalized spacial score (nSPS) is 12.7. The number of aromatic carboxylic acids is 1. The van der Waals surface area contributed by atoms with Crippen LogP contribution in [0.5, 0.6) is 0 Å². The van der Waals surface area contributed by atoms with Crippen molar-refractivity contribution >= 4 is 39.1 Å². The van der Waals surface area contributed by atoms with Crippen LogP contribution in [0.15, 0.2) is 44.4 Å². The summed E-state index contributed by atoms with van der Waals surface area (Å²) in [5.41, 5.74) is 1.16. The Kier molecular flexibility index (Phi) is 3.42. The lowest BCUT2D eigenvalue weighted by molar-refractivity contribution is 0.0697. The summed E-state index contributed by atoms with van der Waals surface area (Å²) in [5, 5.41) is 9.54. The quantitative estimate of drug-likeness (QED) is 0.580. The Balaban J connectivity index is 2.45. The molecule has 1 unspecified atom stereocenters. The van der Waals surface area contributed by atoms with Gasteiger partial charge in [0, 0.05) is 6.07 Å². The van der Waals surface area contributed by atoms with Gasteiger partial charge in [-0.2, -0.15) is 0 Å². The van der Waals surface area contributed by atoms with Gasteiger partial charge in [0.05, 0.1) is 16.3 Å². The van der Waals surface area contributed by atoms with E-state index in [-0.39, 0.29) is 16.4 Å². The van der Waals surface area contributed by atoms with E-state index in [0.717, 1.165) is 0 Å². The van der Waals surface area contributed by atoms with Crippen molar-refractivity contribution in [3.05, 3.63) is 51.7 Å². The Bertz CT molecular complexity index is 972. The third-order valence-electron chi connectivity index (χ3n) is 3.51. The number of hydrogen-bond acceptors (Lipinski definition) is 4. The highest BCUT2D eigenvalue weighted by atomic mass is 32.2. The Morgan fingerprint density at radius 1 is 1.23 bits per heavy atom. The first kappa shape index (κ1) is 14.6. The van der Waals surface area contributed by atoms with Gasteiger partial charge in [-0.05, 0) is 47.9 Å². The number of aryl methyl sites for hydroxylation is 1. The smallest absolute Gasteiger partial charge is 0.335 e. The summed E-state index contributed by atoms with van der Waals surface area (Å²) >= 11 is -1.22. The van der Waals surface area contributed by atoms with Crippen molar-refractivity contribution in [2.75, 3.05) is 6.26 Å². The summed E-state index contributed by atoms with van der Waals surface area (Å²) in [6.07, 6.45) is 1.53. The van der Waals surface area contributed by atoms with Crippen LogP contribution in [0.2, 0.25) is 0 Å². The first-order valence-corrected chi connectivity index (χ1v) is 8.02. The van der Waals surface area contributed by atoms with Crippen LogP contribution < -0.4 is 5.43 Å². The van der Waals surface area contributed by atoms with Crippen molar-refractivity contribution in [2.24, 2.45) is 0 Å². The van der Waals surface area contributed by atoms with Gasteiger partial charge in [0.15, 0.2) is 4.90 Å². The molecule has 3 rings (SSSR count). The second kappa shape index (κ2) is 5.15. The molecule has 1 aromatic heterocycles. The summed E-state index contributed by atoms with van der Waals surface area (Å²) in [5.74, 6) is -1.11. The first-order valence-electron chi connectivity index (χ1n) is 6.46. The van der Waals surface area contributed by atoms with Crippen LogP contribution in [0.1, 0.15) is 15.9 Å². The van der Waals surface area contributed by atoms with Gasteiger partial charge in [-0.15, -0.1) is 0 Å². The molecule has 0 radical (unpaired) electrons. The lowest BCUT2D eigenvalue weighted by Crippen LogP contribution is -2.07. The fourth-order valence-corrected chi connectivity index (χ4v) is 3.02. The van der Waals surface area contributed by atoms with Gasteiger partial charge in [-0.3, -0.25) is 4.79 Å². The Hall–Kier alpha value is -2.31. The Morgan fingerprint density at radius 3 is 2.59 bits per heavy atom. The molecule has 112 valence electrons. The van der Waals surface area contributed by atoms with E-state index in [2.05, 4.69) is 0 Å². The second-order valence-corrected chi connectivity index (χ2v) is 6.40. The number of carboxylic acid groups (broad SMARTS) is 1. The minimum absolute atomic E-state index is 0.0195. The molecule has 0 fully saturated rings. The average molecular weight is 316 g/mol.